The van der Waals surface area contributed by atoms with Crippen LogP contribution in [0.4, 0.5) is 0 Å². The van der Waals surface area contributed by atoms with Crippen molar-refractivity contribution >= 4 is 17.7 Å². The number of carbonyl (C=O) groups is 3. The van der Waals surface area contributed by atoms with Gasteiger partial charge in [-0.25, -0.2) is 4.68 Å². The molecule has 3 aromatic rings. The topological polar surface area (TPSA) is 115 Å². The minimum atomic E-state index is -0.651. The number of nitrogens with zero attached hydrogens (tertiary/aromatic N) is 6. The highest BCUT2D eigenvalue weighted by Gasteiger charge is 2.40. The van der Waals surface area contributed by atoms with E-state index in [0.29, 0.717) is 17.7 Å². The van der Waals surface area contributed by atoms with Crippen molar-refractivity contribution < 1.29 is 14.4 Å². The zero-order valence-electron chi connectivity index (χ0n) is 15.6. The van der Waals surface area contributed by atoms with Gasteiger partial charge in [0.25, 0.3) is 5.91 Å². The van der Waals surface area contributed by atoms with Crippen LogP contribution in [0.25, 0.3) is 16.9 Å². The smallest absolute Gasteiger partial charge is 0.255 e. The van der Waals surface area contributed by atoms with Gasteiger partial charge in [-0.15, -0.1) is 5.10 Å². The fraction of sp³-hybridized carbons (Fsp3) is 0.263. The Hall–Kier alpha value is -3.82. The molecule has 1 N–H and O–H groups in total. The molecule has 10 heteroatoms. The van der Waals surface area contributed by atoms with E-state index in [4.69, 9.17) is 0 Å². The van der Waals surface area contributed by atoms with Crippen LogP contribution in [0.5, 0.6) is 0 Å². The Morgan fingerprint density at radius 3 is 2.79 bits per heavy atom. The maximum absolute atomic E-state index is 12.9. The van der Waals surface area contributed by atoms with Gasteiger partial charge in [-0.05, 0) is 18.6 Å². The molecule has 0 radical (unpaired) electrons. The Balaban J connectivity index is 1.48. The highest BCUT2D eigenvalue weighted by Crippen LogP contribution is 2.31. The Labute approximate surface area is 165 Å². The predicted octanol–water partition coefficient (Wildman–Crippen LogP) is 0.429. The van der Waals surface area contributed by atoms with Gasteiger partial charge in [-0.1, -0.05) is 11.3 Å². The fourth-order valence-corrected chi connectivity index (χ4v) is 3.85. The summed E-state index contributed by atoms with van der Waals surface area (Å²) in [5.41, 5.74) is 3.55. The van der Waals surface area contributed by atoms with Gasteiger partial charge in [0, 0.05) is 42.9 Å². The number of imide groups is 1. The van der Waals surface area contributed by atoms with Gasteiger partial charge in [0.05, 0.1) is 18.1 Å². The normalized spacial score (nSPS) is 18.9. The van der Waals surface area contributed by atoms with Gasteiger partial charge in [0.2, 0.25) is 11.8 Å². The predicted molar refractivity (Wildman–Crippen MR) is 99.6 cm³/mol. The van der Waals surface area contributed by atoms with Crippen molar-refractivity contribution in [1.82, 2.24) is 35.0 Å². The average Bonchev–Trinajstić information content (AvgIpc) is 3.41. The molecule has 0 bridgehead atoms. The van der Waals surface area contributed by atoms with E-state index in [1.54, 1.807) is 33.9 Å². The number of hydrogen-bond acceptors (Lipinski definition) is 6. The Bertz CT molecular complexity index is 1160. The molecule has 1 saturated heterocycles. The zero-order chi connectivity index (χ0) is 20.1. The van der Waals surface area contributed by atoms with Gasteiger partial charge in [-0.3, -0.25) is 24.4 Å². The van der Waals surface area contributed by atoms with E-state index in [1.807, 2.05) is 19.3 Å². The summed E-state index contributed by atoms with van der Waals surface area (Å²) < 4.78 is 3.31. The molecule has 2 aromatic heterocycles. The van der Waals surface area contributed by atoms with Crippen molar-refractivity contribution in [3.63, 3.8) is 0 Å². The van der Waals surface area contributed by atoms with Crippen LogP contribution in [-0.4, -0.2) is 53.4 Å². The van der Waals surface area contributed by atoms with E-state index >= 15 is 0 Å². The van der Waals surface area contributed by atoms with Crippen LogP contribution in [0.3, 0.4) is 0 Å². The fourth-order valence-electron chi connectivity index (χ4n) is 3.85. The first-order chi connectivity index (χ1) is 14.0. The summed E-state index contributed by atoms with van der Waals surface area (Å²) in [7, 11) is 1.83. The van der Waals surface area contributed by atoms with Gasteiger partial charge in [-0.2, -0.15) is 5.10 Å². The third-order valence-electron chi connectivity index (χ3n) is 5.30. The summed E-state index contributed by atoms with van der Waals surface area (Å²) >= 11 is 0. The number of carbonyl (C=O) groups excluding carboxylic acids is 3. The maximum atomic E-state index is 12.9. The van der Waals surface area contributed by atoms with E-state index in [-0.39, 0.29) is 24.8 Å². The van der Waals surface area contributed by atoms with Crippen molar-refractivity contribution in [1.29, 1.82) is 0 Å². The summed E-state index contributed by atoms with van der Waals surface area (Å²) in [6.45, 7) is 0.276. The Morgan fingerprint density at radius 1 is 1.17 bits per heavy atom. The molecule has 29 heavy (non-hydrogen) atoms. The van der Waals surface area contributed by atoms with E-state index in [2.05, 4.69) is 20.7 Å². The van der Waals surface area contributed by atoms with Crippen molar-refractivity contribution in [3.05, 3.63) is 47.9 Å². The van der Waals surface area contributed by atoms with Crippen molar-refractivity contribution in [2.24, 2.45) is 7.05 Å². The van der Waals surface area contributed by atoms with Crippen molar-refractivity contribution in [2.75, 3.05) is 0 Å². The first kappa shape index (κ1) is 17.3. The second-order valence-corrected chi connectivity index (χ2v) is 7.15. The largest absolute Gasteiger partial charge is 0.322 e. The number of aromatic nitrogens is 5. The lowest BCUT2D eigenvalue weighted by Crippen LogP contribution is -2.52. The highest BCUT2D eigenvalue weighted by atomic mass is 16.2. The molecule has 1 atom stereocenters. The molecule has 0 saturated carbocycles. The molecule has 1 aromatic carbocycles. The molecule has 2 aliphatic heterocycles. The zero-order valence-corrected chi connectivity index (χ0v) is 15.6. The molecule has 2 aliphatic rings. The molecule has 3 amide bonds. The third kappa shape index (κ3) is 2.80. The van der Waals surface area contributed by atoms with Gasteiger partial charge < -0.3 is 4.90 Å². The molecular formula is C19H17N7O3. The summed E-state index contributed by atoms with van der Waals surface area (Å²) in [4.78, 5) is 38.1. The molecule has 1 unspecified atom stereocenters. The van der Waals surface area contributed by atoms with E-state index in [1.165, 1.54) is 4.90 Å². The minimum Gasteiger partial charge on any atom is -0.322 e. The monoisotopic (exact) mass is 391 g/mol. The maximum Gasteiger partial charge on any atom is 0.255 e. The van der Waals surface area contributed by atoms with Gasteiger partial charge >= 0.3 is 0 Å². The number of hydrogen-bond donors (Lipinski definition) is 1. The minimum absolute atomic E-state index is 0.219. The van der Waals surface area contributed by atoms with Gasteiger partial charge in [0.1, 0.15) is 11.7 Å². The summed E-state index contributed by atoms with van der Waals surface area (Å²) in [5.74, 6) is -0.950. The highest BCUT2D eigenvalue weighted by molar-refractivity contribution is 6.05. The molecule has 0 spiro atoms. The lowest BCUT2D eigenvalue weighted by Gasteiger charge is -2.29. The van der Waals surface area contributed by atoms with Crippen LogP contribution in [0.1, 0.15) is 28.8 Å². The summed E-state index contributed by atoms with van der Waals surface area (Å²) in [6.07, 6.45) is 5.89. The summed E-state index contributed by atoms with van der Waals surface area (Å²) in [6, 6.07) is 4.74. The Morgan fingerprint density at radius 2 is 2.03 bits per heavy atom. The number of aryl methyl sites for hydroxylation is 1. The first-order valence-corrected chi connectivity index (χ1v) is 9.19. The molecule has 4 heterocycles. The third-order valence-corrected chi connectivity index (χ3v) is 5.30. The first-order valence-electron chi connectivity index (χ1n) is 9.19. The SMILES string of the molecule is Cn1cc(-c2cn(-c3cccc4c3CN(C3CCC(=O)NC3=O)C4=O)nn2)cn1. The van der Waals surface area contributed by atoms with E-state index < -0.39 is 11.9 Å². The number of fused-ring (bicyclic) bond motifs is 1. The van der Waals surface area contributed by atoms with Crippen molar-refractivity contribution in [3.8, 4) is 16.9 Å². The molecule has 10 nitrogen and oxygen atoms in total. The number of rotatable bonds is 3. The van der Waals surface area contributed by atoms with Crippen LogP contribution in [0, 0.1) is 0 Å². The number of amides is 3. The van der Waals surface area contributed by atoms with Crippen LogP contribution in [-0.2, 0) is 23.2 Å². The second-order valence-electron chi connectivity index (χ2n) is 7.15. The summed E-state index contributed by atoms with van der Waals surface area (Å²) in [5, 5.41) is 14.9. The standard InChI is InChI=1S/C19H17N7O3/c1-24-8-11(7-20-24)14-10-26(23-22-14)15-4-2-3-12-13(15)9-25(19(12)29)16-5-6-17(27)21-18(16)28/h2-4,7-8,10,16H,5-6,9H2,1H3,(H,21,27,28). The number of piperidine rings is 1. The second kappa shape index (κ2) is 6.36. The Kier molecular flexibility index (Phi) is 3.79. The van der Waals surface area contributed by atoms with Crippen LogP contribution >= 0.6 is 0 Å². The van der Waals surface area contributed by atoms with Crippen LogP contribution in [0.15, 0.2) is 36.8 Å². The van der Waals surface area contributed by atoms with E-state index in [9.17, 15) is 14.4 Å². The van der Waals surface area contributed by atoms with Crippen LogP contribution < -0.4 is 5.32 Å². The van der Waals surface area contributed by atoms with Crippen molar-refractivity contribution in [2.45, 2.75) is 25.4 Å². The lowest BCUT2D eigenvalue weighted by molar-refractivity contribution is -0.136. The molecule has 5 rings (SSSR count). The quantitative estimate of drug-likeness (QED) is 0.648. The molecule has 1 fully saturated rings. The lowest BCUT2D eigenvalue weighted by atomic mass is 10.0. The molecule has 0 aliphatic carbocycles. The van der Waals surface area contributed by atoms with Gasteiger partial charge in [0.15, 0.2) is 0 Å². The van der Waals surface area contributed by atoms with E-state index in [0.717, 1.165) is 16.8 Å². The number of benzene rings is 1. The van der Waals surface area contributed by atoms with Crippen LogP contribution in [0.2, 0.25) is 0 Å². The number of nitrogens with one attached hydrogen (secondary N) is 1. The molecular weight excluding hydrogens is 374 g/mol. The molecule has 146 valence electrons. The average molecular weight is 391 g/mol.